The first kappa shape index (κ1) is 19.9. The molecule has 8 heteroatoms. The smallest absolute Gasteiger partial charge is 0.405 e. The van der Waals surface area contributed by atoms with E-state index in [-0.39, 0.29) is 24.0 Å². The first-order valence-electron chi connectivity index (χ1n) is 9.31. The number of carbonyl (C=O) groups excluding carboxylic acids is 2. The molecule has 0 aliphatic carbocycles. The monoisotopic (exact) mass is 414 g/mol. The Balaban J connectivity index is 1.73. The third-order valence-electron chi connectivity index (χ3n) is 5.09. The van der Waals surface area contributed by atoms with Gasteiger partial charge >= 0.3 is 6.36 Å². The quantitative estimate of drug-likeness (QED) is 0.635. The van der Waals surface area contributed by atoms with Crippen molar-refractivity contribution < 1.29 is 27.5 Å². The van der Waals surface area contributed by atoms with E-state index in [0.29, 0.717) is 28.8 Å². The molecule has 2 aromatic carbocycles. The summed E-state index contributed by atoms with van der Waals surface area (Å²) in [4.78, 5) is 28.2. The van der Waals surface area contributed by atoms with E-state index in [4.69, 9.17) is 0 Å². The predicted molar refractivity (Wildman–Crippen MR) is 104 cm³/mol. The molecule has 5 nitrogen and oxygen atoms in total. The molecule has 1 fully saturated rings. The second kappa shape index (κ2) is 7.44. The summed E-state index contributed by atoms with van der Waals surface area (Å²) >= 11 is 0. The number of piperidine rings is 1. The number of halogens is 3. The number of carbonyl (C=O) groups is 2. The Labute approximate surface area is 169 Å². The van der Waals surface area contributed by atoms with Gasteiger partial charge in [0, 0.05) is 23.1 Å². The molecule has 30 heavy (non-hydrogen) atoms. The van der Waals surface area contributed by atoms with Gasteiger partial charge in [-0.2, -0.15) is 0 Å². The SMILES string of the molecule is Cc1nc2cc(-c3ccccc3OC(F)(F)F)ccc2cc1C1CCC(=O)NC1=O. The highest BCUT2D eigenvalue weighted by Crippen LogP contribution is 2.36. The van der Waals surface area contributed by atoms with Gasteiger partial charge in [-0.1, -0.05) is 30.3 Å². The van der Waals surface area contributed by atoms with Gasteiger partial charge in [-0.15, -0.1) is 13.2 Å². The van der Waals surface area contributed by atoms with E-state index in [1.165, 1.54) is 12.1 Å². The van der Waals surface area contributed by atoms with Gasteiger partial charge in [-0.3, -0.25) is 19.9 Å². The van der Waals surface area contributed by atoms with Crippen molar-refractivity contribution in [1.29, 1.82) is 0 Å². The summed E-state index contributed by atoms with van der Waals surface area (Å²) in [6, 6.07) is 12.9. The molecular formula is C22H17F3N2O3. The van der Waals surface area contributed by atoms with Crippen LogP contribution in [0.4, 0.5) is 13.2 Å². The number of imide groups is 1. The summed E-state index contributed by atoms with van der Waals surface area (Å²) in [6.45, 7) is 1.77. The van der Waals surface area contributed by atoms with E-state index < -0.39 is 12.3 Å². The molecule has 1 atom stereocenters. The fraction of sp³-hybridized carbons (Fsp3) is 0.227. The summed E-state index contributed by atoms with van der Waals surface area (Å²) in [5.74, 6) is -1.38. The largest absolute Gasteiger partial charge is 0.573 e. The summed E-state index contributed by atoms with van der Waals surface area (Å²) in [5, 5.41) is 3.10. The van der Waals surface area contributed by atoms with E-state index in [9.17, 15) is 22.8 Å². The number of benzene rings is 2. The van der Waals surface area contributed by atoms with Gasteiger partial charge in [0.1, 0.15) is 5.75 Å². The van der Waals surface area contributed by atoms with Crippen molar-refractivity contribution in [3.63, 3.8) is 0 Å². The van der Waals surface area contributed by atoms with E-state index in [0.717, 1.165) is 10.9 Å². The molecule has 1 saturated heterocycles. The number of hydrogen-bond donors (Lipinski definition) is 1. The van der Waals surface area contributed by atoms with Gasteiger partial charge in [-0.25, -0.2) is 0 Å². The molecule has 1 N–H and O–H groups in total. The summed E-state index contributed by atoms with van der Waals surface area (Å²) in [7, 11) is 0. The Hall–Kier alpha value is -3.42. The number of alkyl halides is 3. The summed E-state index contributed by atoms with van der Waals surface area (Å²) in [6.07, 6.45) is -4.11. The lowest BCUT2D eigenvalue weighted by molar-refractivity contribution is -0.274. The molecule has 2 amide bonds. The predicted octanol–water partition coefficient (Wildman–Crippen LogP) is 4.63. The van der Waals surface area contributed by atoms with Crippen LogP contribution in [-0.4, -0.2) is 23.2 Å². The van der Waals surface area contributed by atoms with Crippen molar-refractivity contribution in [3.8, 4) is 16.9 Å². The molecule has 0 saturated carbocycles. The molecule has 0 spiro atoms. The maximum atomic E-state index is 12.7. The molecule has 3 aromatic rings. The zero-order valence-electron chi connectivity index (χ0n) is 15.9. The van der Waals surface area contributed by atoms with Crippen molar-refractivity contribution in [2.45, 2.75) is 32.0 Å². The molecular weight excluding hydrogens is 397 g/mol. The van der Waals surface area contributed by atoms with Crippen molar-refractivity contribution >= 4 is 22.7 Å². The van der Waals surface area contributed by atoms with Crippen LogP contribution in [-0.2, 0) is 9.59 Å². The number of aromatic nitrogens is 1. The van der Waals surface area contributed by atoms with E-state index in [1.807, 2.05) is 6.07 Å². The van der Waals surface area contributed by atoms with E-state index in [1.54, 1.807) is 37.3 Å². The van der Waals surface area contributed by atoms with Crippen molar-refractivity contribution in [1.82, 2.24) is 10.3 Å². The molecule has 4 rings (SSSR count). The van der Waals surface area contributed by atoms with Gasteiger partial charge in [0.25, 0.3) is 0 Å². The molecule has 1 aliphatic heterocycles. The second-order valence-corrected chi connectivity index (χ2v) is 7.12. The number of aryl methyl sites for hydroxylation is 1. The van der Waals surface area contributed by atoms with Crippen molar-refractivity contribution in [2.75, 3.05) is 0 Å². The molecule has 2 heterocycles. The fourth-order valence-electron chi connectivity index (χ4n) is 3.71. The third kappa shape index (κ3) is 3.98. The molecule has 1 unspecified atom stereocenters. The molecule has 1 aliphatic rings. The summed E-state index contributed by atoms with van der Waals surface area (Å²) < 4.78 is 42.3. The van der Waals surface area contributed by atoms with Crippen molar-refractivity contribution in [2.24, 2.45) is 0 Å². The van der Waals surface area contributed by atoms with E-state index >= 15 is 0 Å². The van der Waals surface area contributed by atoms with Gasteiger partial charge in [-0.05, 0) is 42.7 Å². The average molecular weight is 414 g/mol. The molecule has 1 aromatic heterocycles. The standard InChI is InChI=1S/C22H17F3N2O3/c1-12-17(16-8-9-20(28)27-21(16)29)10-14-7-6-13(11-18(14)26-12)15-4-2-3-5-19(15)30-22(23,24)25/h2-7,10-11,16H,8-9H2,1H3,(H,27,28,29). The van der Waals surface area contributed by atoms with Crippen LogP contribution in [0.25, 0.3) is 22.0 Å². The Morgan fingerprint density at radius 3 is 2.60 bits per heavy atom. The maximum Gasteiger partial charge on any atom is 0.573 e. The van der Waals surface area contributed by atoms with Crippen LogP contribution in [0.3, 0.4) is 0 Å². The zero-order valence-corrected chi connectivity index (χ0v) is 15.9. The molecule has 0 bridgehead atoms. The lowest BCUT2D eigenvalue weighted by Gasteiger charge is -2.22. The number of nitrogens with one attached hydrogen (secondary N) is 1. The topological polar surface area (TPSA) is 68.3 Å². The highest BCUT2D eigenvalue weighted by Gasteiger charge is 2.32. The Morgan fingerprint density at radius 1 is 1.10 bits per heavy atom. The second-order valence-electron chi connectivity index (χ2n) is 7.12. The zero-order chi connectivity index (χ0) is 21.5. The number of ether oxygens (including phenoxy) is 1. The number of hydrogen-bond acceptors (Lipinski definition) is 4. The third-order valence-corrected chi connectivity index (χ3v) is 5.09. The minimum atomic E-state index is -4.79. The van der Waals surface area contributed by atoms with Crippen LogP contribution >= 0.6 is 0 Å². The minimum Gasteiger partial charge on any atom is -0.405 e. The van der Waals surface area contributed by atoms with Crippen LogP contribution in [0, 0.1) is 6.92 Å². The normalized spacial score (nSPS) is 17.1. The first-order valence-corrected chi connectivity index (χ1v) is 9.31. The highest BCUT2D eigenvalue weighted by atomic mass is 19.4. The maximum absolute atomic E-state index is 12.7. The Kier molecular flexibility index (Phi) is 4.93. The number of pyridine rings is 1. The van der Waals surface area contributed by atoms with Crippen LogP contribution in [0.5, 0.6) is 5.75 Å². The van der Waals surface area contributed by atoms with Gasteiger partial charge in [0.05, 0.1) is 11.4 Å². The van der Waals surface area contributed by atoms with Crippen LogP contribution in [0.2, 0.25) is 0 Å². The van der Waals surface area contributed by atoms with Crippen LogP contribution < -0.4 is 10.1 Å². The van der Waals surface area contributed by atoms with E-state index in [2.05, 4.69) is 15.0 Å². The average Bonchev–Trinajstić information content (AvgIpc) is 2.67. The minimum absolute atomic E-state index is 0.267. The van der Waals surface area contributed by atoms with Gasteiger partial charge in [0.15, 0.2) is 0 Å². The van der Waals surface area contributed by atoms with Gasteiger partial charge in [0.2, 0.25) is 11.8 Å². The van der Waals surface area contributed by atoms with Crippen molar-refractivity contribution in [3.05, 3.63) is 59.8 Å². The molecule has 0 radical (unpaired) electrons. The highest BCUT2D eigenvalue weighted by molar-refractivity contribution is 6.01. The summed E-state index contributed by atoms with van der Waals surface area (Å²) in [5.41, 5.74) is 2.78. The lowest BCUT2D eigenvalue weighted by atomic mass is 9.88. The van der Waals surface area contributed by atoms with Crippen LogP contribution in [0.15, 0.2) is 48.5 Å². The number of para-hydroxylation sites is 1. The number of nitrogens with zero attached hydrogens (tertiary/aromatic N) is 1. The first-order chi connectivity index (χ1) is 14.2. The number of rotatable bonds is 3. The Bertz CT molecular complexity index is 1160. The number of fused-ring (bicyclic) bond motifs is 1. The molecule has 154 valence electrons. The fourth-order valence-corrected chi connectivity index (χ4v) is 3.71. The Morgan fingerprint density at radius 2 is 1.87 bits per heavy atom. The van der Waals surface area contributed by atoms with Gasteiger partial charge < -0.3 is 4.74 Å². The van der Waals surface area contributed by atoms with Crippen LogP contribution in [0.1, 0.15) is 30.0 Å². The lowest BCUT2D eigenvalue weighted by Crippen LogP contribution is -2.39. The number of amides is 2.